The van der Waals surface area contributed by atoms with Crippen molar-refractivity contribution >= 4 is 29.1 Å². The molecule has 0 aliphatic carbocycles. The summed E-state index contributed by atoms with van der Waals surface area (Å²) in [7, 11) is 0. The van der Waals surface area contributed by atoms with E-state index in [1.807, 2.05) is 28.8 Å². The van der Waals surface area contributed by atoms with Crippen molar-refractivity contribution in [2.24, 2.45) is 5.92 Å². The molecule has 206 valence electrons. The molecule has 1 N–H and O–H groups in total. The second-order valence-corrected chi connectivity index (χ2v) is 10.8. The Bertz CT molecular complexity index is 1510. The number of amides is 3. The van der Waals surface area contributed by atoms with Crippen LogP contribution in [-0.2, 0) is 11.3 Å². The van der Waals surface area contributed by atoms with E-state index in [1.54, 1.807) is 47.2 Å². The van der Waals surface area contributed by atoms with Crippen LogP contribution in [0.15, 0.2) is 65.7 Å². The molecule has 2 unspecified atom stereocenters. The lowest BCUT2D eigenvalue weighted by Gasteiger charge is -2.44. The topological polar surface area (TPSA) is 108 Å². The second kappa shape index (κ2) is 10.6. The Labute approximate surface area is 232 Å². The summed E-state index contributed by atoms with van der Waals surface area (Å²) in [5.74, 6) is 0.0727. The molecule has 2 atom stereocenters. The monoisotopic (exact) mass is 540 g/mol. The fraction of sp³-hybridized carbons (Fsp3) is 0.367. The van der Waals surface area contributed by atoms with Crippen LogP contribution in [0.25, 0.3) is 0 Å². The minimum absolute atomic E-state index is 0.00986. The van der Waals surface area contributed by atoms with E-state index in [2.05, 4.69) is 15.2 Å². The van der Waals surface area contributed by atoms with Crippen LogP contribution < -0.4 is 15.8 Å². The predicted molar refractivity (Wildman–Crippen MR) is 151 cm³/mol. The first-order valence-electron chi connectivity index (χ1n) is 13.7. The van der Waals surface area contributed by atoms with Crippen LogP contribution in [0.2, 0.25) is 0 Å². The lowest BCUT2D eigenvalue weighted by molar-refractivity contribution is -0.130. The van der Waals surface area contributed by atoms with E-state index < -0.39 is 0 Å². The number of carbonyl (C=O) groups excluding carboxylic acids is 3. The van der Waals surface area contributed by atoms with Crippen molar-refractivity contribution in [3.8, 4) is 0 Å². The number of rotatable bonds is 4. The van der Waals surface area contributed by atoms with Crippen molar-refractivity contribution in [1.29, 1.82) is 0 Å². The van der Waals surface area contributed by atoms with Crippen molar-refractivity contribution in [2.75, 3.05) is 49.5 Å². The van der Waals surface area contributed by atoms with Crippen molar-refractivity contribution in [3.05, 3.63) is 88.1 Å². The molecule has 2 saturated heterocycles. The van der Waals surface area contributed by atoms with Crippen LogP contribution >= 0.6 is 0 Å². The van der Waals surface area contributed by atoms with Gasteiger partial charge in [0.15, 0.2) is 0 Å². The van der Waals surface area contributed by atoms with Gasteiger partial charge in [-0.25, -0.2) is 0 Å². The first kappa shape index (κ1) is 25.8. The van der Waals surface area contributed by atoms with E-state index in [0.29, 0.717) is 62.0 Å². The van der Waals surface area contributed by atoms with Gasteiger partial charge >= 0.3 is 0 Å². The number of aromatic nitrogens is 2. The van der Waals surface area contributed by atoms with Gasteiger partial charge in [0, 0.05) is 88.4 Å². The fourth-order valence-corrected chi connectivity index (χ4v) is 6.24. The van der Waals surface area contributed by atoms with Crippen molar-refractivity contribution in [1.82, 2.24) is 19.4 Å². The van der Waals surface area contributed by atoms with E-state index in [4.69, 9.17) is 0 Å². The summed E-state index contributed by atoms with van der Waals surface area (Å²) in [5, 5.41) is 3.04. The molecule has 6 rings (SSSR count). The Morgan fingerprint density at radius 1 is 0.900 bits per heavy atom. The van der Waals surface area contributed by atoms with Gasteiger partial charge in [-0.05, 0) is 48.7 Å². The summed E-state index contributed by atoms with van der Waals surface area (Å²) in [6.07, 6.45) is 4.14. The van der Waals surface area contributed by atoms with Gasteiger partial charge in [-0.15, -0.1) is 0 Å². The highest BCUT2D eigenvalue weighted by molar-refractivity contribution is 6.07. The molecular formula is C30H32N6O4. The van der Waals surface area contributed by atoms with Crippen LogP contribution in [0, 0.1) is 5.92 Å². The van der Waals surface area contributed by atoms with Gasteiger partial charge in [-0.2, -0.15) is 0 Å². The molecule has 0 spiro atoms. The van der Waals surface area contributed by atoms with E-state index in [-0.39, 0.29) is 29.2 Å². The van der Waals surface area contributed by atoms with Gasteiger partial charge in [0.2, 0.25) is 5.91 Å². The zero-order chi connectivity index (χ0) is 27.8. The maximum absolute atomic E-state index is 13.5. The molecule has 3 aliphatic heterocycles. The molecular weight excluding hydrogens is 508 g/mol. The first-order chi connectivity index (χ1) is 19.4. The van der Waals surface area contributed by atoms with Gasteiger partial charge in [0.05, 0.1) is 16.9 Å². The quantitative estimate of drug-likeness (QED) is 0.545. The van der Waals surface area contributed by atoms with Gasteiger partial charge in [-0.1, -0.05) is 6.07 Å². The number of benzene rings is 1. The zero-order valence-corrected chi connectivity index (χ0v) is 22.5. The third-order valence-corrected chi connectivity index (χ3v) is 8.25. The second-order valence-electron chi connectivity index (χ2n) is 10.8. The Morgan fingerprint density at radius 3 is 2.45 bits per heavy atom. The summed E-state index contributed by atoms with van der Waals surface area (Å²) in [6.45, 7) is 5.60. The molecule has 3 amide bonds. The van der Waals surface area contributed by atoms with Gasteiger partial charge in [-0.3, -0.25) is 24.2 Å². The molecule has 3 aromatic rings. The number of fused-ring (bicyclic) bond motifs is 4. The van der Waals surface area contributed by atoms with Crippen LogP contribution in [0.4, 0.5) is 11.4 Å². The van der Waals surface area contributed by atoms with Gasteiger partial charge in [0.25, 0.3) is 17.4 Å². The van der Waals surface area contributed by atoms with Crippen LogP contribution in [-0.4, -0.2) is 76.3 Å². The van der Waals surface area contributed by atoms with Crippen LogP contribution in [0.1, 0.15) is 45.7 Å². The number of piperidine rings is 1. The van der Waals surface area contributed by atoms with Gasteiger partial charge < -0.3 is 24.6 Å². The standard InChI is InChI=1S/C30H32N6O4/c1-20(37)33-10-12-34(13-11-33)30(40)22-7-8-27(25(15-22)32-29(39)23-4-3-9-31-16-23)35-17-21-14-24(19-35)26-5-2-6-28(38)36(26)18-21/h2-9,15-16,21,24H,10-14,17-19H2,1H3,(H,32,39). The maximum Gasteiger partial charge on any atom is 0.257 e. The number of nitrogens with zero attached hydrogens (tertiary/aromatic N) is 5. The highest BCUT2D eigenvalue weighted by atomic mass is 16.2. The number of hydrogen-bond acceptors (Lipinski definition) is 6. The number of nitrogens with one attached hydrogen (secondary N) is 1. The Hall–Kier alpha value is -4.47. The summed E-state index contributed by atoms with van der Waals surface area (Å²) in [4.78, 5) is 60.7. The number of anilines is 2. The van der Waals surface area contributed by atoms with E-state index in [0.717, 1.165) is 24.3 Å². The smallest absolute Gasteiger partial charge is 0.257 e. The highest BCUT2D eigenvalue weighted by Gasteiger charge is 2.35. The van der Waals surface area contributed by atoms with Crippen molar-refractivity contribution in [2.45, 2.75) is 25.8 Å². The van der Waals surface area contributed by atoms with Gasteiger partial charge in [0.1, 0.15) is 0 Å². The molecule has 0 radical (unpaired) electrons. The molecule has 5 heterocycles. The lowest BCUT2D eigenvalue weighted by Crippen LogP contribution is -2.50. The Balaban J connectivity index is 1.30. The maximum atomic E-state index is 13.5. The largest absolute Gasteiger partial charge is 0.369 e. The molecule has 3 aliphatic rings. The summed E-state index contributed by atoms with van der Waals surface area (Å²) in [6, 6.07) is 14.4. The molecule has 10 heteroatoms. The van der Waals surface area contributed by atoms with E-state index in [1.165, 1.54) is 6.20 Å². The number of hydrogen-bond donors (Lipinski definition) is 1. The van der Waals surface area contributed by atoms with Crippen LogP contribution in [0.3, 0.4) is 0 Å². The molecule has 40 heavy (non-hydrogen) atoms. The van der Waals surface area contributed by atoms with Crippen molar-refractivity contribution in [3.63, 3.8) is 0 Å². The Morgan fingerprint density at radius 2 is 1.70 bits per heavy atom. The summed E-state index contributed by atoms with van der Waals surface area (Å²) in [5.41, 5.74) is 3.40. The lowest BCUT2D eigenvalue weighted by atomic mass is 9.83. The van der Waals surface area contributed by atoms with Crippen molar-refractivity contribution < 1.29 is 14.4 Å². The minimum Gasteiger partial charge on any atom is -0.369 e. The number of pyridine rings is 2. The summed E-state index contributed by atoms with van der Waals surface area (Å²) < 4.78 is 1.90. The molecule has 2 fully saturated rings. The van der Waals surface area contributed by atoms with Crippen LogP contribution in [0.5, 0.6) is 0 Å². The third kappa shape index (κ3) is 4.97. The third-order valence-electron chi connectivity index (χ3n) is 8.25. The predicted octanol–water partition coefficient (Wildman–Crippen LogP) is 2.42. The number of piperazine rings is 1. The molecule has 1 aromatic carbocycles. The SMILES string of the molecule is CC(=O)N1CCN(C(=O)c2ccc(N3CC4CC(C3)c3cccc(=O)n3C4)c(NC(=O)c3cccnc3)c2)CC1. The van der Waals surface area contributed by atoms with E-state index in [9.17, 15) is 19.2 Å². The average Bonchev–Trinajstić information content (AvgIpc) is 2.97. The normalized spacial score (nSPS) is 20.1. The van der Waals surface area contributed by atoms with E-state index >= 15 is 0 Å². The molecule has 2 aromatic heterocycles. The number of carbonyl (C=O) groups is 3. The zero-order valence-electron chi connectivity index (χ0n) is 22.5. The fourth-order valence-electron chi connectivity index (χ4n) is 6.24. The molecule has 10 nitrogen and oxygen atoms in total. The first-order valence-corrected chi connectivity index (χ1v) is 13.7. The average molecular weight is 541 g/mol. The highest BCUT2D eigenvalue weighted by Crippen LogP contribution is 2.39. The Kier molecular flexibility index (Phi) is 6.83. The summed E-state index contributed by atoms with van der Waals surface area (Å²) >= 11 is 0. The molecule has 0 saturated carbocycles. The minimum atomic E-state index is -0.303. The molecule has 2 bridgehead atoms.